The number of anilines is 1. The number of benzene rings is 1. The van der Waals surface area contributed by atoms with E-state index >= 15 is 0 Å². The van der Waals surface area contributed by atoms with Gasteiger partial charge in [0.15, 0.2) is 0 Å². The second kappa shape index (κ2) is 7.61. The molecule has 0 bridgehead atoms. The molecule has 3 heterocycles. The highest BCUT2D eigenvalue weighted by Gasteiger charge is 2.49. The van der Waals surface area contributed by atoms with E-state index < -0.39 is 0 Å². The zero-order chi connectivity index (χ0) is 19.8. The van der Waals surface area contributed by atoms with Crippen molar-refractivity contribution in [3.05, 3.63) is 36.5 Å². The first kappa shape index (κ1) is 18.3. The highest BCUT2D eigenvalue weighted by molar-refractivity contribution is 5.81. The maximum absolute atomic E-state index is 12.1. The summed E-state index contributed by atoms with van der Waals surface area (Å²) in [6.45, 7) is 0.946. The smallest absolute Gasteiger partial charge is 0.223 e. The van der Waals surface area contributed by atoms with E-state index in [-0.39, 0.29) is 36.1 Å². The van der Waals surface area contributed by atoms with Gasteiger partial charge in [-0.1, -0.05) is 12.1 Å². The molecule has 29 heavy (non-hydrogen) atoms. The lowest BCUT2D eigenvalue weighted by Crippen LogP contribution is -2.45. The molecule has 3 aliphatic rings. The summed E-state index contributed by atoms with van der Waals surface area (Å²) in [6.07, 6.45) is 3.40. The molecule has 1 aliphatic carbocycles. The SMILES string of the molecule is COc1ccccc1-c1ccnc(N[C@H]2CO[C@H]3[C@@H]2OC[C@@H]3NC(=O)C2CC2)n1. The van der Waals surface area contributed by atoms with Gasteiger partial charge in [0, 0.05) is 17.7 Å². The maximum atomic E-state index is 12.1. The van der Waals surface area contributed by atoms with Crippen molar-refractivity contribution >= 4 is 11.9 Å². The largest absolute Gasteiger partial charge is 0.496 e. The van der Waals surface area contributed by atoms with Crippen LogP contribution < -0.4 is 15.4 Å². The van der Waals surface area contributed by atoms with E-state index in [4.69, 9.17) is 14.2 Å². The molecule has 8 nitrogen and oxygen atoms in total. The first-order valence-corrected chi connectivity index (χ1v) is 9.99. The molecule has 2 aliphatic heterocycles. The van der Waals surface area contributed by atoms with Crippen LogP contribution in [0.4, 0.5) is 5.95 Å². The summed E-state index contributed by atoms with van der Waals surface area (Å²) in [5, 5.41) is 6.42. The number of nitrogens with zero attached hydrogens (tertiary/aromatic N) is 2. The lowest BCUT2D eigenvalue weighted by molar-refractivity contribution is -0.123. The van der Waals surface area contributed by atoms with E-state index in [1.165, 1.54) is 0 Å². The van der Waals surface area contributed by atoms with Gasteiger partial charge in [-0.3, -0.25) is 4.79 Å². The van der Waals surface area contributed by atoms with Crippen molar-refractivity contribution in [3.8, 4) is 17.0 Å². The molecule has 2 N–H and O–H groups in total. The Morgan fingerprint density at radius 1 is 1.10 bits per heavy atom. The van der Waals surface area contributed by atoms with E-state index in [1.807, 2.05) is 30.3 Å². The van der Waals surface area contributed by atoms with Crippen LogP contribution in [0.2, 0.25) is 0 Å². The van der Waals surface area contributed by atoms with Crippen LogP contribution in [-0.4, -0.2) is 60.5 Å². The molecule has 2 aromatic rings. The van der Waals surface area contributed by atoms with Crippen molar-refractivity contribution in [2.45, 2.75) is 37.1 Å². The van der Waals surface area contributed by atoms with E-state index in [1.54, 1.807) is 13.3 Å². The Balaban J connectivity index is 1.27. The molecule has 0 spiro atoms. The van der Waals surface area contributed by atoms with Crippen molar-refractivity contribution in [1.29, 1.82) is 0 Å². The Hall–Kier alpha value is -2.71. The Morgan fingerprint density at radius 3 is 2.66 bits per heavy atom. The highest BCUT2D eigenvalue weighted by Crippen LogP contribution is 2.33. The monoisotopic (exact) mass is 396 g/mol. The minimum atomic E-state index is -0.146. The van der Waals surface area contributed by atoms with Gasteiger partial charge in [-0.25, -0.2) is 9.97 Å². The lowest BCUT2D eigenvalue weighted by atomic mass is 10.1. The van der Waals surface area contributed by atoms with Crippen LogP contribution in [0.25, 0.3) is 11.3 Å². The normalized spacial score (nSPS) is 28.0. The fourth-order valence-corrected chi connectivity index (χ4v) is 3.99. The third-order valence-corrected chi connectivity index (χ3v) is 5.68. The molecule has 152 valence electrons. The molecular formula is C21H24N4O4. The van der Waals surface area contributed by atoms with Gasteiger partial charge < -0.3 is 24.8 Å². The van der Waals surface area contributed by atoms with Gasteiger partial charge >= 0.3 is 0 Å². The fraction of sp³-hybridized carbons (Fsp3) is 0.476. The number of carbonyl (C=O) groups is 1. The molecule has 1 amide bonds. The van der Waals surface area contributed by atoms with Crippen LogP contribution in [0, 0.1) is 5.92 Å². The average Bonchev–Trinajstić information content (AvgIpc) is 3.43. The summed E-state index contributed by atoms with van der Waals surface area (Å²) in [4.78, 5) is 21.1. The Labute approximate surface area is 169 Å². The Bertz CT molecular complexity index is 904. The summed E-state index contributed by atoms with van der Waals surface area (Å²) < 4.78 is 17.3. The van der Waals surface area contributed by atoms with Gasteiger partial charge in [-0.2, -0.15) is 0 Å². The second-order valence-electron chi connectivity index (χ2n) is 7.70. The number of carbonyl (C=O) groups excluding carboxylic acids is 1. The van der Waals surface area contributed by atoms with Crippen LogP contribution in [0.3, 0.4) is 0 Å². The number of aromatic nitrogens is 2. The van der Waals surface area contributed by atoms with Crippen molar-refractivity contribution in [2.75, 3.05) is 25.6 Å². The van der Waals surface area contributed by atoms with Gasteiger partial charge in [-0.15, -0.1) is 0 Å². The van der Waals surface area contributed by atoms with Crippen LogP contribution in [-0.2, 0) is 14.3 Å². The first-order valence-electron chi connectivity index (χ1n) is 9.99. The van der Waals surface area contributed by atoms with Crippen molar-refractivity contribution in [1.82, 2.24) is 15.3 Å². The summed E-state index contributed by atoms with van der Waals surface area (Å²) >= 11 is 0. The molecule has 1 saturated carbocycles. The molecular weight excluding hydrogens is 372 g/mol. The lowest BCUT2D eigenvalue weighted by Gasteiger charge is -2.18. The molecule has 3 fully saturated rings. The number of nitrogens with one attached hydrogen (secondary N) is 2. The van der Waals surface area contributed by atoms with Crippen LogP contribution in [0.15, 0.2) is 36.5 Å². The fourth-order valence-electron chi connectivity index (χ4n) is 3.99. The van der Waals surface area contributed by atoms with Gasteiger partial charge in [-0.05, 0) is 31.0 Å². The number of ether oxygens (including phenoxy) is 3. The quantitative estimate of drug-likeness (QED) is 0.766. The van der Waals surface area contributed by atoms with E-state index in [2.05, 4.69) is 20.6 Å². The number of para-hydroxylation sites is 1. The number of amides is 1. The zero-order valence-corrected chi connectivity index (χ0v) is 16.2. The maximum Gasteiger partial charge on any atom is 0.223 e. The predicted molar refractivity (Wildman–Crippen MR) is 106 cm³/mol. The molecule has 4 atom stereocenters. The molecule has 5 rings (SSSR count). The molecule has 2 saturated heterocycles. The van der Waals surface area contributed by atoms with Crippen LogP contribution in [0.5, 0.6) is 5.75 Å². The van der Waals surface area contributed by atoms with E-state index in [0.717, 1.165) is 29.8 Å². The number of methoxy groups -OCH3 is 1. The van der Waals surface area contributed by atoms with Gasteiger partial charge in [0.1, 0.15) is 18.0 Å². The van der Waals surface area contributed by atoms with Gasteiger partial charge in [0.25, 0.3) is 0 Å². The van der Waals surface area contributed by atoms with Crippen molar-refractivity contribution in [2.24, 2.45) is 5.92 Å². The number of rotatable bonds is 6. The van der Waals surface area contributed by atoms with E-state index in [9.17, 15) is 4.79 Å². The molecule has 1 aromatic heterocycles. The summed E-state index contributed by atoms with van der Waals surface area (Å²) in [5.74, 6) is 1.56. The number of hydrogen-bond acceptors (Lipinski definition) is 7. The first-order chi connectivity index (χ1) is 14.2. The topological polar surface area (TPSA) is 94.6 Å². The predicted octanol–water partition coefficient (Wildman–Crippen LogP) is 1.63. The summed E-state index contributed by atoms with van der Waals surface area (Å²) in [6, 6.07) is 9.43. The zero-order valence-electron chi connectivity index (χ0n) is 16.2. The highest BCUT2D eigenvalue weighted by atomic mass is 16.6. The summed E-state index contributed by atoms with van der Waals surface area (Å²) in [5.41, 5.74) is 1.68. The number of hydrogen-bond donors (Lipinski definition) is 2. The molecule has 1 aromatic carbocycles. The molecule has 0 unspecified atom stereocenters. The van der Waals surface area contributed by atoms with Gasteiger partial charge in [0.2, 0.25) is 11.9 Å². The Kier molecular flexibility index (Phi) is 4.81. The van der Waals surface area contributed by atoms with E-state index in [0.29, 0.717) is 19.2 Å². The van der Waals surface area contributed by atoms with Crippen LogP contribution >= 0.6 is 0 Å². The summed E-state index contributed by atoms with van der Waals surface area (Å²) in [7, 11) is 1.64. The minimum absolute atomic E-state index is 0.0734. The average molecular weight is 396 g/mol. The van der Waals surface area contributed by atoms with Crippen molar-refractivity contribution < 1.29 is 19.0 Å². The third-order valence-electron chi connectivity index (χ3n) is 5.68. The van der Waals surface area contributed by atoms with Crippen LogP contribution in [0.1, 0.15) is 12.8 Å². The molecule has 8 heteroatoms. The second-order valence-corrected chi connectivity index (χ2v) is 7.70. The van der Waals surface area contributed by atoms with Crippen molar-refractivity contribution in [3.63, 3.8) is 0 Å². The minimum Gasteiger partial charge on any atom is -0.496 e. The molecule has 0 radical (unpaired) electrons. The number of fused-ring (bicyclic) bond motifs is 1. The third kappa shape index (κ3) is 3.65. The standard InChI is InChI=1S/C21H24N4O4/c1-27-17-5-3-2-4-13(17)14-8-9-22-21(24-14)25-16-11-29-18-15(10-28-19(16)18)23-20(26)12-6-7-12/h2-5,8-9,12,15-16,18-19H,6-7,10-11H2,1H3,(H,23,26)(H,22,24,25)/t15-,16-,18+,19+/m0/s1. The van der Waals surface area contributed by atoms with Gasteiger partial charge in [0.05, 0.1) is 38.1 Å². The Morgan fingerprint density at radius 2 is 1.86 bits per heavy atom.